The summed E-state index contributed by atoms with van der Waals surface area (Å²) in [6, 6.07) is 11.8. The van der Waals surface area contributed by atoms with Gasteiger partial charge in [-0.1, -0.05) is 35.4 Å². The number of hydrogen-bond acceptors (Lipinski definition) is 4. The third-order valence-electron chi connectivity index (χ3n) is 6.27. The summed E-state index contributed by atoms with van der Waals surface area (Å²) in [5.74, 6) is 0. The summed E-state index contributed by atoms with van der Waals surface area (Å²) >= 11 is 6.02. The molecule has 166 valence electrons. The van der Waals surface area contributed by atoms with E-state index in [1.807, 2.05) is 39.8 Å². The minimum atomic E-state index is -3.82. The maximum atomic E-state index is 14.2. The zero-order chi connectivity index (χ0) is 22.6. The number of benzene rings is 2. The molecular formula is C24H28ClNO4S. The second-order valence-electron chi connectivity index (χ2n) is 9.49. The number of hydrogen-bond donors (Lipinski definition) is 0. The molecule has 0 spiro atoms. The van der Waals surface area contributed by atoms with E-state index in [0.717, 1.165) is 23.1 Å². The van der Waals surface area contributed by atoms with Gasteiger partial charge < -0.3 is 9.64 Å². The number of aryl methyl sites for hydroxylation is 2. The van der Waals surface area contributed by atoms with Crippen molar-refractivity contribution in [2.24, 2.45) is 0 Å². The van der Waals surface area contributed by atoms with Crippen LogP contribution >= 0.6 is 11.6 Å². The van der Waals surface area contributed by atoms with Gasteiger partial charge in [0.05, 0.1) is 10.9 Å². The topological polar surface area (TPSA) is 63.7 Å². The molecule has 0 bridgehead atoms. The fourth-order valence-corrected chi connectivity index (χ4v) is 7.51. The first-order valence-electron chi connectivity index (χ1n) is 10.6. The fraction of sp³-hybridized carbons (Fsp3) is 0.458. The van der Waals surface area contributed by atoms with Crippen molar-refractivity contribution >= 4 is 27.5 Å². The Morgan fingerprint density at radius 2 is 1.84 bits per heavy atom. The highest BCUT2D eigenvalue weighted by atomic mass is 35.5. The van der Waals surface area contributed by atoms with Gasteiger partial charge in [-0.05, 0) is 82.3 Å². The first-order valence-corrected chi connectivity index (χ1v) is 12.4. The highest BCUT2D eigenvalue weighted by molar-refractivity contribution is 7.92. The molecule has 2 atom stereocenters. The number of fused-ring (bicyclic) bond motifs is 3. The zero-order valence-electron chi connectivity index (χ0n) is 18.3. The lowest BCUT2D eigenvalue weighted by atomic mass is 9.78. The minimum absolute atomic E-state index is 0.223. The molecule has 0 aromatic heterocycles. The molecule has 1 fully saturated rings. The lowest BCUT2D eigenvalue weighted by molar-refractivity contribution is 0.0202. The number of likely N-dealkylation sites (tertiary alicyclic amines) is 1. The van der Waals surface area contributed by atoms with Crippen LogP contribution in [0.2, 0.25) is 5.02 Å². The number of carbonyl (C=O) groups excluding carboxylic acids is 1. The van der Waals surface area contributed by atoms with Crippen LogP contribution in [0.1, 0.15) is 50.3 Å². The number of rotatable bonds is 2. The van der Waals surface area contributed by atoms with E-state index in [4.69, 9.17) is 16.3 Å². The Bertz CT molecular complexity index is 1120. The van der Waals surface area contributed by atoms with Crippen LogP contribution in [-0.4, -0.2) is 37.6 Å². The molecule has 5 nitrogen and oxygen atoms in total. The van der Waals surface area contributed by atoms with Crippen LogP contribution in [0.25, 0.3) is 0 Å². The lowest BCUT2D eigenvalue weighted by Gasteiger charge is -2.42. The molecule has 4 rings (SSSR count). The lowest BCUT2D eigenvalue weighted by Crippen LogP contribution is -2.52. The number of carbonyl (C=O) groups is 1. The van der Waals surface area contributed by atoms with Gasteiger partial charge in [-0.2, -0.15) is 0 Å². The first kappa shape index (κ1) is 22.2. The van der Waals surface area contributed by atoms with E-state index in [9.17, 15) is 13.2 Å². The molecule has 2 aromatic carbocycles. The van der Waals surface area contributed by atoms with Gasteiger partial charge in [0.15, 0.2) is 9.84 Å². The third-order valence-corrected chi connectivity index (χ3v) is 9.07. The van der Waals surface area contributed by atoms with Gasteiger partial charge in [-0.25, -0.2) is 13.2 Å². The molecule has 1 saturated heterocycles. The van der Waals surface area contributed by atoms with Crippen LogP contribution in [0.4, 0.5) is 4.79 Å². The molecule has 0 N–H and O–H groups in total. The molecule has 0 saturated carbocycles. The monoisotopic (exact) mass is 461 g/mol. The summed E-state index contributed by atoms with van der Waals surface area (Å²) in [6.45, 7) is 7.79. The molecule has 1 heterocycles. The predicted molar refractivity (Wildman–Crippen MR) is 121 cm³/mol. The molecule has 31 heavy (non-hydrogen) atoms. The second-order valence-corrected chi connectivity index (χ2v) is 12.1. The smallest absolute Gasteiger partial charge is 0.410 e. The molecular weight excluding hydrogens is 434 g/mol. The molecule has 2 aliphatic rings. The van der Waals surface area contributed by atoms with E-state index in [1.54, 1.807) is 29.2 Å². The highest BCUT2D eigenvalue weighted by Crippen LogP contribution is 2.53. The van der Waals surface area contributed by atoms with Gasteiger partial charge in [-0.15, -0.1) is 0 Å². The number of ether oxygens (including phenoxy) is 1. The number of halogens is 1. The van der Waals surface area contributed by atoms with Gasteiger partial charge in [-0.3, -0.25) is 0 Å². The molecule has 7 heteroatoms. The van der Waals surface area contributed by atoms with Gasteiger partial charge >= 0.3 is 6.09 Å². The predicted octanol–water partition coefficient (Wildman–Crippen LogP) is 5.27. The van der Waals surface area contributed by atoms with Crippen molar-refractivity contribution in [3.63, 3.8) is 0 Å². The second kappa shape index (κ2) is 7.52. The molecule has 2 aromatic rings. The highest BCUT2D eigenvalue weighted by Gasteiger charge is 2.61. The number of sulfone groups is 1. The Hall–Kier alpha value is -2.05. The summed E-state index contributed by atoms with van der Waals surface area (Å²) in [7, 11) is -3.82. The molecule has 1 amide bonds. The maximum absolute atomic E-state index is 14.2. The first-order chi connectivity index (χ1) is 14.5. The molecule has 1 aliphatic carbocycles. The average Bonchev–Trinajstić information content (AvgIpc) is 3.08. The van der Waals surface area contributed by atoms with Crippen LogP contribution in [0, 0.1) is 6.92 Å². The molecule has 0 radical (unpaired) electrons. The van der Waals surface area contributed by atoms with E-state index < -0.39 is 32.3 Å². The summed E-state index contributed by atoms with van der Waals surface area (Å²) in [4.78, 5) is 14.9. The fourth-order valence-electron chi connectivity index (χ4n) is 5.02. The largest absolute Gasteiger partial charge is 0.444 e. The van der Waals surface area contributed by atoms with Crippen molar-refractivity contribution in [1.29, 1.82) is 0 Å². The van der Waals surface area contributed by atoms with Gasteiger partial charge in [0.1, 0.15) is 10.3 Å². The van der Waals surface area contributed by atoms with Crippen molar-refractivity contribution in [2.45, 2.75) is 68.2 Å². The Kier molecular flexibility index (Phi) is 5.38. The van der Waals surface area contributed by atoms with Gasteiger partial charge in [0, 0.05) is 11.6 Å². The van der Waals surface area contributed by atoms with E-state index in [0.29, 0.717) is 24.4 Å². The Labute approximate surface area is 189 Å². The van der Waals surface area contributed by atoms with Crippen LogP contribution in [-0.2, 0) is 25.7 Å². The van der Waals surface area contributed by atoms with Gasteiger partial charge in [0.25, 0.3) is 0 Å². The average molecular weight is 462 g/mol. The summed E-state index contributed by atoms with van der Waals surface area (Å²) in [5, 5.41) is 0.481. The van der Waals surface area contributed by atoms with E-state index in [1.165, 1.54) is 0 Å². The van der Waals surface area contributed by atoms with Crippen molar-refractivity contribution in [3.05, 3.63) is 64.2 Å². The third kappa shape index (κ3) is 3.64. The van der Waals surface area contributed by atoms with E-state index in [2.05, 4.69) is 6.07 Å². The normalized spacial score (nSPS) is 23.3. The van der Waals surface area contributed by atoms with Crippen molar-refractivity contribution in [1.82, 2.24) is 4.90 Å². The minimum Gasteiger partial charge on any atom is -0.444 e. The van der Waals surface area contributed by atoms with Crippen LogP contribution in [0.5, 0.6) is 0 Å². The van der Waals surface area contributed by atoms with Crippen molar-refractivity contribution < 1.29 is 17.9 Å². The van der Waals surface area contributed by atoms with Crippen molar-refractivity contribution in [3.8, 4) is 0 Å². The Morgan fingerprint density at radius 3 is 2.48 bits per heavy atom. The SMILES string of the molecule is Cc1ccc2c(c1)CCC1N(C(=O)OC(C)(C)C)CCC21S(=O)(=O)c1ccc(Cl)cc1. The van der Waals surface area contributed by atoms with Crippen LogP contribution < -0.4 is 0 Å². The van der Waals surface area contributed by atoms with Crippen LogP contribution in [0.15, 0.2) is 47.4 Å². The summed E-state index contributed by atoms with van der Waals surface area (Å²) in [6.07, 6.45) is 1.17. The zero-order valence-corrected chi connectivity index (χ0v) is 19.9. The van der Waals surface area contributed by atoms with Gasteiger partial charge in [0.2, 0.25) is 0 Å². The standard InChI is InChI=1S/C24H28ClNO4S/c1-16-5-11-20-17(15-16)6-12-21-24(20,13-14-26(21)22(27)30-23(2,3)4)31(28,29)19-9-7-18(25)8-10-19/h5,7-11,15,21H,6,12-14H2,1-4H3. The molecule has 2 unspecified atom stereocenters. The Balaban J connectivity index is 1.88. The van der Waals surface area contributed by atoms with Crippen LogP contribution in [0.3, 0.4) is 0 Å². The van der Waals surface area contributed by atoms with E-state index in [-0.39, 0.29) is 4.90 Å². The summed E-state index contributed by atoms with van der Waals surface area (Å²) in [5.41, 5.74) is 2.29. The summed E-state index contributed by atoms with van der Waals surface area (Å²) < 4.78 is 32.8. The quantitative estimate of drug-likeness (QED) is 0.610. The maximum Gasteiger partial charge on any atom is 0.410 e. The Morgan fingerprint density at radius 1 is 1.16 bits per heavy atom. The molecule has 1 aliphatic heterocycles. The van der Waals surface area contributed by atoms with E-state index >= 15 is 0 Å². The number of amides is 1. The van der Waals surface area contributed by atoms with Crippen molar-refractivity contribution in [2.75, 3.05) is 6.54 Å². The number of nitrogens with zero attached hydrogens (tertiary/aromatic N) is 1.